The van der Waals surface area contributed by atoms with E-state index in [1.54, 1.807) is 18.1 Å². The number of thioether (sulfide) groups is 1. The molecule has 1 aliphatic rings. The van der Waals surface area contributed by atoms with E-state index < -0.39 is 12.4 Å². The van der Waals surface area contributed by atoms with Crippen molar-refractivity contribution in [2.45, 2.75) is 43.2 Å². The number of nitrogens with one attached hydrogen (secondary N) is 1. The van der Waals surface area contributed by atoms with Gasteiger partial charge in [-0.2, -0.15) is 0 Å². The van der Waals surface area contributed by atoms with Crippen LogP contribution >= 0.6 is 11.8 Å². The minimum absolute atomic E-state index is 0.00168. The normalized spacial score (nSPS) is 19.6. The monoisotopic (exact) mass is 510 g/mol. The molecule has 2 heterocycles. The van der Waals surface area contributed by atoms with Crippen LogP contribution in [-0.4, -0.2) is 44.4 Å². The first kappa shape index (κ1) is 25.9. The second-order valence-corrected chi connectivity index (χ2v) is 9.35. The average Bonchev–Trinajstić information content (AvgIpc) is 3.34. The molecule has 4 rings (SSSR count). The molecule has 36 heavy (non-hydrogen) atoms. The molecule has 1 saturated heterocycles. The Bertz CT molecular complexity index is 1140. The van der Waals surface area contributed by atoms with E-state index in [9.17, 15) is 9.90 Å². The zero-order valence-corrected chi connectivity index (χ0v) is 20.9. The molecule has 190 valence electrons. The molecule has 1 amide bonds. The highest BCUT2D eigenvalue weighted by Gasteiger charge is 2.32. The Labute approximate surface area is 214 Å². The van der Waals surface area contributed by atoms with Crippen LogP contribution in [-0.2, 0) is 34.4 Å². The lowest BCUT2D eigenvalue weighted by Crippen LogP contribution is -2.31. The predicted octanol–water partition coefficient (Wildman–Crippen LogP) is 4.06. The molecule has 2 aromatic carbocycles. The molecule has 0 bridgehead atoms. The summed E-state index contributed by atoms with van der Waals surface area (Å²) in [6.45, 7) is 4.04. The Morgan fingerprint density at radius 2 is 1.92 bits per heavy atom. The van der Waals surface area contributed by atoms with E-state index in [0.717, 1.165) is 27.4 Å². The van der Waals surface area contributed by atoms with Gasteiger partial charge in [-0.3, -0.25) is 0 Å². The molecular formula is C26H30N4O5S. The van der Waals surface area contributed by atoms with Gasteiger partial charge in [-0.05, 0) is 16.7 Å². The zero-order chi connectivity index (χ0) is 25.3. The first-order chi connectivity index (χ1) is 17.6. The quantitative estimate of drug-likeness (QED) is 0.311. The first-order valence-electron chi connectivity index (χ1n) is 11.6. The third kappa shape index (κ3) is 6.94. The first-order valence-corrected chi connectivity index (χ1v) is 12.6. The molecule has 0 spiro atoms. The summed E-state index contributed by atoms with van der Waals surface area (Å²) in [5, 5.41) is 21.0. The number of carbonyl (C=O) groups excluding carboxylic acids is 1. The number of aliphatic hydroxyl groups excluding tert-OH is 1. The molecule has 3 atom stereocenters. The van der Waals surface area contributed by atoms with Crippen LogP contribution < -0.4 is 5.32 Å². The van der Waals surface area contributed by atoms with Crippen molar-refractivity contribution in [2.24, 2.45) is 7.05 Å². The molecule has 9 nitrogen and oxygen atoms in total. The number of hydrogen-bond donors (Lipinski definition) is 2. The van der Waals surface area contributed by atoms with E-state index in [2.05, 4.69) is 22.1 Å². The number of nitrogens with zero attached hydrogens (tertiary/aromatic N) is 3. The lowest BCUT2D eigenvalue weighted by Gasteiger charge is -2.36. The minimum Gasteiger partial charge on any atom is -0.445 e. The van der Waals surface area contributed by atoms with Crippen LogP contribution in [0.3, 0.4) is 0 Å². The maximum atomic E-state index is 11.7. The van der Waals surface area contributed by atoms with Crippen LogP contribution in [0.15, 0.2) is 72.7 Å². The minimum atomic E-state index is -0.550. The van der Waals surface area contributed by atoms with Crippen LogP contribution in [0, 0.1) is 0 Å². The number of aromatic nitrogens is 3. The fraction of sp³-hybridized carbons (Fsp3) is 0.346. The third-order valence-corrected chi connectivity index (χ3v) is 6.87. The van der Waals surface area contributed by atoms with Crippen molar-refractivity contribution in [1.82, 2.24) is 20.1 Å². The van der Waals surface area contributed by atoms with Gasteiger partial charge in [-0.15, -0.1) is 10.2 Å². The number of aliphatic hydroxyl groups is 1. The molecule has 3 unspecified atom stereocenters. The largest absolute Gasteiger partial charge is 0.445 e. The van der Waals surface area contributed by atoms with Gasteiger partial charge in [0.25, 0.3) is 0 Å². The fourth-order valence-corrected chi connectivity index (χ4v) is 4.65. The van der Waals surface area contributed by atoms with Crippen molar-refractivity contribution in [3.63, 3.8) is 0 Å². The number of benzene rings is 2. The topological polar surface area (TPSA) is 108 Å². The summed E-state index contributed by atoms with van der Waals surface area (Å²) in [7, 11) is 1.91. The number of amides is 1. The van der Waals surface area contributed by atoms with Gasteiger partial charge in [-0.25, -0.2) is 4.79 Å². The lowest BCUT2D eigenvalue weighted by molar-refractivity contribution is -0.245. The van der Waals surface area contributed by atoms with Gasteiger partial charge in [-0.1, -0.05) is 72.9 Å². The summed E-state index contributed by atoms with van der Waals surface area (Å²) in [6.07, 6.45) is 2.61. The Hall–Kier alpha value is -3.18. The Morgan fingerprint density at radius 1 is 1.19 bits per heavy atom. The van der Waals surface area contributed by atoms with Crippen LogP contribution in [0.25, 0.3) is 0 Å². The summed E-state index contributed by atoms with van der Waals surface area (Å²) in [5.74, 6) is 0.701. The van der Waals surface area contributed by atoms with Crippen molar-refractivity contribution < 1.29 is 24.1 Å². The standard InChI is InChI=1S/C26H30N4O5S/c1-3-12-33-26(32)27-14-18-4-10-21(11-5-18)24-34-22(16-36-25-29-28-17-30(25)2)13-23(35-24)20-8-6-19(15-31)7-9-20/h3-11,17,22-24,31H,1,12-16H2,2H3,(H,27,32). The summed E-state index contributed by atoms with van der Waals surface area (Å²) >= 11 is 1.60. The van der Waals surface area contributed by atoms with Crippen molar-refractivity contribution in [3.8, 4) is 0 Å². The van der Waals surface area contributed by atoms with Crippen LogP contribution in [0.4, 0.5) is 4.79 Å². The highest BCUT2D eigenvalue weighted by Crippen LogP contribution is 2.39. The van der Waals surface area contributed by atoms with Gasteiger partial charge in [0.15, 0.2) is 11.4 Å². The maximum Gasteiger partial charge on any atom is 0.407 e. The second kappa shape index (κ2) is 12.7. The SMILES string of the molecule is C=CCOC(=O)NCc1ccc(C2OC(CSc3nncn3C)CC(c3ccc(CO)cc3)O2)cc1. The Kier molecular flexibility index (Phi) is 9.12. The van der Waals surface area contributed by atoms with E-state index in [0.29, 0.717) is 18.7 Å². The highest BCUT2D eigenvalue weighted by molar-refractivity contribution is 7.99. The number of rotatable bonds is 10. The van der Waals surface area contributed by atoms with E-state index in [1.807, 2.05) is 60.1 Å². The molecule has 1 aromatic heterocycles. The van der Waals surface area contributed by atoms with Gasteiger partial charge >= 0.3 is 6.09 Å². The molecule has 1 aliphatic heterocycles. The van der Waals surface area contributed by atoms with Crippen molar-refractivity contribution in [1.29, 1.82) is 0 Å². The maximum absolute atomic E-state index is 11.7. The van der Waals surface area contributed by atoms with Crippen molar-refractivity contribution in [2.75, 3.05) is 12.4 Å². The van der Waals surface area contributed by atoms with Gasteiger partial charge < -0.3 is 29.2 Å². The predicted molar refractivity (Wildman–Crippen MR) is 135 cm³/mol. The second-order valence-electron chi connectivity index (χ2n) is 8.37. The van der Waals surface area contributed by atoms with E-state index in [4.69, 9.17) is 14.2 Å². The highest BCUT2D eigenvalue weighted by atomic mass is 32.2. The number of carbonyl (C=O) groups is 1. The van der Waals surface area contributed by atoms with E-state index in [-0.39, 0.29) is 25.4 Å². The molecule has 0 aliphatic carbocycles. The van der Waals surface area contributed by atoms with Crippen LogP contribution in [0.2, 0.25) is 0 Å². The summed E-state index contributed by atoms with van der Waals surface area (Å²) in [6, 6.07) is 15.6. The molecule has 3 aromatic rings. The lowest BCUT2D eigenvalue weighted by atomic mass is 10.0. The van der Waals surface area contributed by atoms with Gasteiger partial charge in [0.05, 0.1) is 18.8 Å². The molecule has 0 saturated carbocycles. The fourth-order valence-electron chi connectivity index (χ4n) is 3.75. The zero-order valence-electron chi connectivity index (χ0n) is 20.1. The molecule has 2 N–H and O–H groups in total. The third-order valence-electron chi connectivity index (χ3n) is 5.70. The summed E-state index contributed by atoms with van der Waals surface area (Å²) in [4.78, 5) is 11.7. The van der Waals surface area contributed by atoms with Crippen LogP contribution in [0.5, 0.6) is 0 Å². The summed E-state index contributed by atoms with van der Waals surface area (Å²) in [5.41, 5.74) is 3.70. The average molecular weight is 511 g/mol. The van der Waals surface area contributed by atoms with Gasteiger partial charge in [0.2, 0.25) is 0 Å². The Balaban J connectivity index is 1.45. The number of hydrogen-bond acceptors (Lipinski definition) is 8. The molecular weight excluding hydrogens is 480 g/mol. The molecule has 10 heteroatoms. The van der Waals surface area contributed by atoms with Crippen LogP contribution in [0.1, 0.15) is 41.1 Å². The van der Waals surface area contributed by atoms with Gasteiger partial charge in [0.1, 0.15) is 12.9 Å². The number of alkyl carbamates (subject to hydrolysis) is 1. The summed E-state index contributed by atoms with van der Waals surface area (Å²) < 4.78 is 19.5. The number of ether oxygens (including phenoxy) is 3. The molecule has 1 fully saturated rings. The molecule has 0 radical (unpaired) electrons. The van der Waals surface area contributed by atoms with Crippen molar-refractivity contribution in [3.05, 3.63) is 89.8 Å². The van der Waals surface area contributed by atoms with Crippen molar-refractivity contribution >= 4 is 17.9 Å². The Morgan fingerprint density at radius 3 is 2.58 bits per heavy atom. The van der Waals surface area contributed by atoms with Gasteiger partial charge in [0, 0.05) is 31.3 Å². The van der Waals surface area contributed by atoms with E-state index >= 15 is 0 Å². The number of aryl methyl sites for hydroxylation is 1. The van der Waals surface area contributed by atoms with E-state index in [1.165, 1.54) is 6.08 Å². The smallest absolute Gasteiger partial charge is 0.407 e.